The molecule has 0 saturated carbocycles. The number of nitrogens with zero attached hydrogens (tertiary/aromatic N) is 1. The third-order valence-electron chi connectivity index (χ3n) is 0.843. The molecule has 0 heterocycles. The van der Waals surface area contributed by atoms with E-state index in [1.165, 1.54) is 0 Å². The highest BCUT2D eigenvalue weighted by atomic mass is 14.9. The van der Waals surface area contributed by atoms with E-state index >= 15 is 0 Å². The molecule has 56 valence electrons. The molecule has 0 aliphatic heterocycles. The number of nitrogens with one attached hydrogen (secondary N) is 1. The van der Waals surface area contributed by atoms with Crippen molar-refractivity contribution in [1.29, 1.82) is 5.26 Å². The number of allylic oxidation sites excluding steroid dienone is 1. The molecule has 2 heteroatoms. The SMILES string of the molecule is CC(C)(C)N/C=C/CC#N. The van der Waals surface area contributed by atoms with Crippen LogP contribution in [0.3, 0.4) is 0 Å². The first kappa shape index (κ1) is 9.03. The Bertz CT molecular complexity index is 146. The zero-order valence-corrected chi connectivity index (χ0v) is 6.81. The van der Waals surface area contributed by atoms with E-state index < -0.39 is 0 Å². The average molecular weight is 138 g/mol. The van der Waals surface area contributed by atoms with Gasteiger partial charge in [-0.2, -0.15) is 5.26 Å². The summed E-state index contributed by atoms with van der Waals surface area (Å²) >= 11 is 0. The second-order valence-corrected chi connectivity index (χ2v) is 3.16. The molecule has 0 aromatic heterocycles. The van der Waals surface area contributed by atoms with E-state index in [-0.39, 0.29) is 5.54 Å². The highest BCUT2D eigenvalue weighted by molar-refractivity contribution is 4.91. The predicted molar refractivity (Wildman–Crippen MR) is 42.3 cm³/mol. The van der Waals surface area contributed by atoms with Gasteiger partial charge in [-0.25, -0.2) is 0 Å². The molecule has 0 spiro atoms. The van der Waals surface area contributed by atoms with E-state index in [9.17, 15) is 0 Å². The lowest BCUT2D eigenvalue weighted by molar-refractivity contribution is 0.491. The molecule has 2 nitrogen and oxygen atoms in total. The van der Waals surface area contributed by atoms with Crippen LogP contribution >= 0.6 is 0 Å². The first-order valence-corrected chi connectivity index (χ1v) is 3.36. The van der Waals surface area contributed by atoms with Gasteiger partial charge >= 0.3 is 0 Å². The summed E-state index contributed by atoms with van der Waals surface area (Å²) in [6, 6.07) is 2.03. The number of nitriles is 1. The molecule has 0 aliphatic rings. The van der Waals surface area contributed by atoms with Gasteiger partial charge in [0.2, 0.25) is 0 Å². The van der Waals surface area contributed by atoms with Gasteiger partial charge in [0.15, 0.2) is 0 Å². The largest absolute Gasteiger partial charge is 0.387 e. The summed E-state index contributed by atoms with van der Waals surface area (Å²) in [6.45, 7) is 6.22. The Morgan fingerprint density at radius 2 is 2.10 bits per heavy atom. The van der Waals surface area contributed by atoms with Crippen molar-refractivity contribution < 1.29 is 0 Å². The number of hydrogen-bond acceptors (Lipinski definition) is 2. The molecular formula is C8H14N2. The maximum Gasteiger partial charge on any atom is 0.0663 e. The third kappa shape index (κ3) is 7.03. The molecular weight excluding hydrogens is 124 g/mol. The van der Waals surface area contributed by atoms with Gasteiger partial charge in [-0.3, -0.25) is 0 Å². The van der Waals surface area contributed by atoms with Crippen molar-refractivity contribution in [3.63, 3.8) is 0 Å². The second kappa shape index (κ2) is 3.94. The summed E-state index contributed by atoms with van der Waals surface area (Å²) in [5.41, 5.74) is 0.103. The van der Waals surface area contributed by atoms with Gasteiger partial charge < -0.3 is 5.32 Å². The van der Waals surface area contributed by atoms with E-state index in [4.69, 9.17) is 5.26 Å². The van der Waals surface area contributed by atoms with Gasteiger partial charge in [-0.05, 0) is 27.0 Å². The van der Waals surface area contributed by atoms with E-state index in [1.807, 2.05) is 18.3 Å². The molecule has 0 fully saturated rings. The summed E-state index contributed by atoms with van der Waals surface area (Å²) in [4.78, 5) is 0. The quantitative estimate of drug-likeness (QED) is 0.631. The summed E-state index contributed by atoms with van der Waals surface area (Å²) in [7, 11) is 0. The first-order valence-electron chi connectivity index (χ1n) is 3.36. The zero-order chi connectivity index (χ0) is 8.04. The summed E-state index contributed by atoms with van der Waals surface area (Å²) < 4.78 is 0. The Labute approximate surface area is 62.5 Å². The van der Waals surface area contributed by atoms with Crippen LogP contribution in [0.2, 0.25) is 0 Å². The Morgan fingerprint density at radius 3 is 2.50 bits per heavy atom. The van der Waals surface area contributed by atoms with Crippen molar-refractivity contribution >= 4 is 0 Å². The minimum absolute atomic E-state index is 0.103. The fourth-order valence-electron chi connectivity index (χ4n) is 0.421. The van der Waals surface area contributed by atoms with Crippen LogP contribution < -0.4 is 5.32 Å². The zero-order valence-electron chi connectivity index (χ0n) is 6.81. The highest BCUT2D eigenvalue weighted by Crippen LogP contribution is 1.97. The minimum Gasteiger partial charge on any atom is -0.387 e. The first-order chi connectivity index (χ1) is 4.56. The number of rotatable bonds is 2. The molecule has 0 radical (unpaired) electrons. The molecule has 0 aromatic carbocycles. The topological polar surface area (TPSA) is 35.8 Å². The lowest BCUT2D eigenvalue weighted by Gasteiger charge is -2.18. The van der Waals surface area contributed by atoms with Crippen molar-refractivity contribution in [1.82, 2.24) is 5.32 Å². The van der Waals surface area contributed by atoms with Crippen molar-refractivity contribution in [3.05, 3.63) is 12.3 Å². The minimum atomic E-state index is 0.103. The van der Waals surface area contributed by atoms with Gasteiger partial charge in [-0.1, -0.05) is 6.08 Å². The summed E-state index contributed by atoms with van der Waals surface area (Å²) in [5.74, 6) is 0. The van der Waals surface area contributed by atoms with Crippen molar-refractivity contribution in [2.24, 2.45) is 0 Å². The van der Waals surface area contributed by atoms with Crippen LogP contribution in [0.25, 0.3) is 0 Å². The van der Waals surface area contributed by atoms with E-state index in [0.29, 0.717) is 6.42 Å². The number of hydrogen-bond donors (Lipinski definition) is 1. The van der Waals surface area contributed by atoms with Crippen LogP contribution in [-0.4, -0.2) is 5.54 Å². The standard InChI is InChI=1S/C8H14N2/c1-8(2,3)10-7-5-4-6-9/h5,7,10H,4H2,1-3H3/b7-5+. The Hall–Kier alpha value is -0.970. The fraction of sp³-hybridized carbons (Fsp3) is 0.625. The lowest BCUT2D eigenvalue weighted by Crippen LogP contribution is -2.30. The maximum absolute atomic E-state index is 8.17. The predicted octanol–water partition coefficient (Wildman–Crippen LogP) is 1.80. The van der Waals surface area contributed by atoms with Gasteiger partial charge in [0.25, 0.3) is 0 Å². The molecule has 0 atom stereocenters. The maximum atomic E-state index is 8.17. The van der Waals surface area contributed by atoms with Crippen LogP contribution in [0, 0.1) is 11.3 Å². The van der Waals surface area contributed by atoms with Crippen LogP contribution in [0.4, 0.5) is 0 Å². The molecule has 1 N–H and O–H groups in total. The van der Waals surface area contributed by atoms with E-state index in [1.54, 1.807) is 0 Å². The average Bonchev–Trinajstić information content (AvgIpc) is 1.78. The van der Waals surface area contributed by atoms with Crippen LogP contribution in [0.1, 0.15) is 27.2 Å². The van der Waals surface area contributed by atoms with Crippen molar-refractivity contribution in [2.45, 2.75) is 32.7 Å². The lowest BCUT2D eigenvalue weighted by atomic mass is 10.1. The van der Waals surface area contributed by atoms with Crippen LogP contribution in [0.5, 0.6) is 0 Å². The van der Waals surface area contributed by atoms with Gasteiger partial charge in [-0.15, -0.1) is 0 Å². The molecule has 0 amide bonds. The van der Waals surface area contributed by atoms with Gasteiger partial charge in [0.05, 0.1) is 12.5 Å². The molecule has 0 unspecified atom stereocenters. The Morgan fingerprint density at radius 1 is 1.50 bits per heavy atom. The Kier molecular flexibility index (Phi) is 3.56. The molecule has 0 aromatic rings. The van der Waals surface area contributed by atoms with Gasteiger partial charge in [0.1, 0.15) is 0 Å². The molecule has 10 heavy (non-hydrogen) atoms. The third-order valence-corrected chi connectivity index (χ3v) is 0.843. The van der Waals surface area contributed by atoms with Gasteiger partial charge in [0, 0.05) is 5.54 Å². The molecule has 0 rings (SSSR count). The Balaban J connectivity index is 3.46. The second-order valence-electron chi connectivity index (χ2n) is 3.16. The fourth-order valence-corrected chi connectivity index (χ4v) is 0.421. The van der Waals surface area contributed by atoms with Crippen molar-refractivity contribution in [3.8, 4) is 6.07 Å². The highest BCUT2D eigenvalue weighted by Gasteiger charge is 2.03. The smallest absolute Gasteiger partial charge is 0.0663 e. The van der Waals surface area contributed by atoms with Crippen LogP contribution in [-0.2, 0) is 0 Å². The van der Waals surface area contributed by atoms with Crippen molar-refractivity contribution in [2.75, 3.05) is 0 Å². The monoisotopic (exact) mass is 138 g/mol. The molecule has 0 saturated heterocycles. The van der Waals surface area contributed by atoms with Crippen LogP contribution in [0.15, 0.2) is 12.3 Å². The molecule has 0 aliphatic carbocycles. The van der Waals surface area contributed by atoms with E-state index in [0.717, 1.165) is 0 Å². The summed E-state index contributed by atoms with van der Waals surface area (Å²) in [6.07, 6.45) is 4.11. The normalized spacial score (nSPS) is 11.4. The summed E-state index contributed by atoms with van der Waals surface area (Å²) in [5, 5.41) is 11.3. The van der Waals surface area contributed by atoms with E-state index in [2.05, 4.69) is 26.1 Å². The molecule has 0 bridgehead atoms.